The molecule has 0 bridgehead atoms. The number of esters is 1. The predicted octanol–water partition coefficient (Wildman–Crippen LogP) is 2.60. The van der Waals surface area contributed by atoms with E-state index < -0.39 is 0 Å². The van der Waals surface area contributed by atoms with Gasteiger partial charge in [-0.2, -0.15) is 0 Å². The zero-order valence-electron chi connectivity index (χ0n) is 12.9. The lowest BCUT2D eigenvalue weighted by Crippen LogP contribution is -2.27. The number of hydrogen-bond donors (Lipinski definition) is 1. The summed E-state index contributed by atoms with van der Waals surface area (Å²) in [6, 6.07) is 6.79. The monoisotopic (exact) mass is 296 g/mol. The lowest BCUT2D eigenvalue weighted by molar-refractivity contribution is -0.141. The molecule has 1 N–H and O–H groups in total. The van der Waals surface area contributed by atoms with Crippen LogP contribution in [-0.2, 0) is 16.0 Å². The maximum atomic E-state index is 11.1. The molecule has 0 unspecified atom stereocenters. The Balaban J connectivity index is 1.77. The predicted molar refractivity (Wildman–Crippen MR) is 86.5 cm³/mol. The highest BCUT2D eigenvalue weighted by Gasteiger charge is 2.37. The van der Waals surface area contributed by atoms with Crippen molar-refractivity contribution in [3.63, 3.8) is 0 Å². The van der Waals surface area contributed by atoms with Crippen LogP contribution in [0, 0.1) is 5.92 Å². The summed E-state index contributed by atoms with van der Waals surface area (Å²) in [6.07, 6.45) is 5.46. The second kappa shape index (κ2) is 4.99. The lowest BCUT2D eigenvalue weighted by atomic mass is 9.95. The molecular formula is C18H20N2O2. The molecule has 0 saturated carbocycles. The fourth-order valence-corrected chi connectivity index (χ4v) is 3.92. The molecule has 1 saturated heterocycles. The van der Waals surface area contributed by atoms with Crippen LogP contribution in [0.15, 0.2) is 30.0 Å². The summed E-state index contributed by atoms with van der Waals surface area (Å²) >= 11 is 0. The van der Waals surface area contributed by atoms with Crippen LogP contribution in [0.4, 0.5) is 0 Å². The highest BCUT2D eigenvalue weighted by Crippen LogP contribution is 2.38. The van der Waals surface area contributed by atoms with Gasteiger partial charge in [0, 0.05) is 42.5 Å². The first-order valence-corrected chi connectivity index (χ1v) is 7.77. The van der Waals surface area contributed by atoms with Crippen LogP contribution in [0.1, 0.15) is 18.1 Å². The SMILES string of the molecule is CC(=O)OC[C@H]1CN(C)[C@H]2Cc3c[nH]c4cccc(c34)C=C12. The largest absolute Gasteiger partial charge is 0.465 e. The van der Waals surface area contributed by atoms with Gasteiger partial charge >= 0.3 is 5.97 Å². The van der Waals surface area contributed by atoms with Crippen LogP contribution in [0.5, 0.6) is 0 Å². The van der Waals surface area contributed by atoms with Crippen LogP contribution in [0.3, 0.4) is 0 Å². The van der Waals surface area contributed by atoms with Gasteiger partial charge < -0.3 is 9.72 Å². The third-order valence-corrected chi connectivity index (χ3v) is 4.94. The van der Waals surface area contributed by atoms with Crippen molar-refractivity contribution in [3.8, 4) is 0 Å². The van der Waals surface area contributed by atoms with Gasteiger partial charge in [0.25, 0.3) is 0 Å². The summed E-state index contributed by atoms with van der Waals surface area (Å²) in [5.41, 5.74) is 5.24. The minimum absolute atomic E-state index is 0.200. The van der Waals surface area contributed by atoms with Crippen molar-refractivity contribution in [2.75, 3.05) is 20.2 Å². The van der Waals surface area contributed by atoms with E-state index in [4.69, 9.17) is 4.74 Å². The molecule has 4 rings (SSSR count). The molecule has 2 atom stereocenters. The van der Waals surface area contributed by atoms with Gasteiger partial charge in [0.1, 0.15) is 0 Å². The van der Waals surface area contributed by atoms with Crippen LogP contribution < -0.4 is 0 Å². The second-order valence-corrected chi connectivity index (χ2v) is 6.39. The first kappa shape index (κ1) is 13.6. The van der Waals surface area contributed by atoms with Crippen molar-refractivity contribution < 1.29 is 9.53 Å². The number of ether oxygens (including phenoxy) is 1. The molecule has 1 aromatic carbocycles. The molecule has 4 heteroatoms. The fraction of sp³-hybridized carbons (Fsp3) is 0.389. The lowest BCUT2D eigenvalue weighted by Gasteiger charge is -2.19. The van der Waals surface area contributed by atoms with Crippen LogP contribution in [0.25, 0.3) is 17.0 Å². The standard InChI is InChI=1S/C18H20N2O2/c1-11(21)22-10-14-9-20(2)17-7-13-8-19-16-5-3-4-12(18(13)16)6-15(14)17/h3-6,8,14,17,19H,7,9-10H2,1-2H3/t14-,17+/m1/s1. The molecule has 1 aliphatic heterocycles. The van der Waals surface area contributed by atoms with E-state index in [1.807, 2.05) is 0 Å². The van der Waals surface area contributed by atoms with E-state index >= 15 is 0 Å². The molecular weight excluding hydrogens is 276 g/mol. The Morgan fingerprint density at radius 1 is 1.45 bits per heavy atom. The summed E-state index contributed by atoms with van der Waals surface area (Å²) in [5, 5.41) is 1.34. The van der Waals surface area contributed by atoms with Crippen LogP contribution in [-0.4, -0.2) is 42.1 Å². The number of aromatic nitrogens is 1. The summed E-state index contributed by atoms with van der Waals surface area (Å²) in [5.74, 6) is 0.0936. The molecule has 0 amide bonds. The molecule has 0 spiro atoms. The van der Waals surface area contributed by atoms with Gasteiger partial charge in [-0.1, -0.05) is 18.2 Å². The maximum absolute atomic E-state index is 11.1. The van der Waals surface area contributed by atoms with E-state index in [-0.39, 0.29) is 5.97 Å². The quantitative estimate of drug-likeness (QED) is 0.867. The number of hydrogen-bond acceptors (Lipinski definition) is 3. The first-order valence-electron chi connectivity index (χ1n) is 7.77. The Morgan fingerprint density at radius 3 is 3.14 bits per heavy atom. The highest BCUT2D eigenvalue weighted by molar-refractivity contribution is 5.93. The zero-order chi connectivity index (χ0) is 15.3. The van der Waals surface area contributed by atoms with Crippen molar-refractivity contribution in [2.24, 2.45) is 5.92 Å². The number of carbonyl (C=O) groups excluding carboxylic acids is 1. The minimum Gasteiger partial charge on any atom is -0.465 e. The first-order chi connectivity index (χ1) is 10.6. The number of likely N-dealkylation sites (tertiary alicyclic amines) is 1. The number of rotatable bonds is 2. The average molecular weight is 296 g/mol. The number of H-pyrrole nitrogens is 1. The van der Waals surface area contributed by atoms with Gasteiger partial charge in [-0.15, -0.1) is 0 Å². The molecule has 0 radical (unpaired) electrons. The minimum atomic E-state index is -0.200. The van der Waals surface area contributed by atoms with E-state index in [0.717, 1.165) is 13.0 Å². The normalized spacial score (nSPS) is 24.0. The third kappa shape index (κ3) is 2.06. The number of nitrogens with zero attached hydrogens (tertiary/aromatic N) is 1. The average Bonchev–Trinajstić information content (AvgIpc) is 2.96. The summed E-state index contributed by atoms with van der Waals surface area (Å²) in [7, 11) is 2.16. The Kier molecular flexibility index (Phi) is 3.08. The van der Waals surface area contributed by atoms with Crippen LogP contribution in [0.2, 0.25) is 0 Å². The van der Waals surface area contributed by atoms with E-state index in [2.05, 4.69) is 47.4 Å². The fourth-order valence-electron chi connectivity index (χ4n) is 3.92. The molecule has 22 heavy (non-hydrogen) atoms. The molecule has 114 valence electrons. The van der Waals surface area contributed by atoms with Crippen molar-refractivity contribution in [1.29, 1.82) is 0 Å². The molecule has 2 aliphatic rings. The Labute approximate surface area is 129 Å². The van der Waals surface area contributed by atoms with E-state index in [1.165, 1.54) is 34.5 Å². The van der Waals surface area contributed by atoms with E-state index in [9.17, 15) is 4.79 Å². The van der Waals surface area contributed by atoms with E-state index in [0.29, 0.717) is 18.6 Å². The topological polar surface area (TPSA) is 45.3 Å². The smallest absolute Gasteiger partial charge is 0.302 e. The van der Waals surface area contributed by atoms with Crippen molar-refractivity contribution in [3.05, 3.63) is 41.1 Å². The molecule has 1 fully saturated rings. The van der Waals surface area contributed by atoms with Gasteiger partial charge in [-0.25, -0.2) is 0 Å². The molecule has 1 aliphatic carbocycles. The molecule has 4 nitrogen and oxygen atoms in total. The number of benzene rings is 1. The van der Waals surface area contributed by atoms with Crippen molar-refractivity contribution in [1.82, 2.24) is 9.88 Å². The maximum Gasteiger partial charge on any atom is 0.302 e. The van der Waals surface area contributed by atoms with Crippen molar-refractivity contribution in [2.45, 2.75) is 19.4 Å². The van der Waals surface area contributed by atoms with Gasteiger partial charge in [0.15, 0.2) is 0 Å². The number of carbonyl (C=O) groups is 1. The van der Waals surface area contributed by atoms with E-state index in [1.54, 1.807) is 0 Å². The molecule has 2 aromatic rings. The Bertz CT molecular complexity index is 774. The number of aromatic amines is 1. The number of likely N-dealkylation sites (N-methyl/N-ethyl adjacent to an activating group) is 1. The van der Waals surface area contributed by atoms with Gasteiger partial charge in [0.2, 0.25) is 0 Å². The summed E-state index contributed by atoms with van der Waals surface area (Å²) < 4.78 is 5.28. The Hall–Kier alpha value is -2.07. The molecule has 1 aromatic heterocycles. The molecule has 2 heterocycles. The number of fused-ring (bicyclic) bond motifs is 1. The van der Waals surface area contributed by atoms with Gasteiger partial charge in [0.05, 0.1) is 6.61 Å². The summed E-state index contributed by atoms with van der Waals surface area (Å²) in [6.45, 7) is 2.90. The Morgan fingerprint density at radius 2 is 2.32 bits per heavy atom. The second-order valence-electron chi connectivity index (χ2n) is 6.39. The third-order valence-electron chi connectivity index (χ3n) is 4.94. The van der Waals surface area contributed by atoms with Gasteiger partial charge in [-0.05, 0) is 36.2 Å². The highest BCUT2D eigenvalue weighted by atomic mass is 16.5. The number of nitrogens with one attached hydrogen (secondary N) is 1. The summed E-state index contributed by atoms with van der Waals surface area (Å²) in [4.78, 5) is 16.9. The zero-order valence-corrected chi connectivity index (χ0v) is 12.9. The van der Waals surface area contributed by atoms with Gasteiger partial charge in [-0.3, -0.25) is 9.69 Å². The van der Waals surface area contributed by atoms with Crippen molar-refractivity contribution >= 4 is 22.9 Å². The van der Waals surface area contributed by atoms with Crippen LogP contribution >= 0.6 is 0 Å².